The molecule has 0 spiro atoms. The van der Waals surface area contributed by atoms with Crippen molar-refractivity contribution in [1.82, 2.24) is 15.2 Å². The zero-order valence-electron chi connectivity index (χ0n) is 3.96. The van der Waals surface area contributed by atoms with E-state index in [-0.39, 0.29) is 0 Å². The Hall–Kier alpha value is -0.970. The highest BCUT2D eigenvalue weighted by atomic mass is 32.1. The lowest BCUT2D eigenvalue weighted by molar-refractivity contribution is 0.960. The van der Waals surface area contributed by atoms with Gasteiger partial charge in [0.05, 0.1) is 6.20 Å². The van der Waals surface area contributed by atoms with Gasteiger partial charge >= 0.3 is 0 Å². The quantitative estimate of drug-likeness (QED) is 0.487. The summed E-state index contributed by atoms with van der Waals surface area (Å²) in [4.78, 5) is 3.65. The average Bonchev–Trinajstić information content (AvgIpc) is 1.77. The van der Waals surface area contributed by atoms with Gasteiger partial charge in [0, 0.05) is 0 Å². The molecule has 0 aliphatic carbocycles. The van der Waals surface area contributed by atoms with Crippen LogP contribution in [-0.2, 0) is 0 Å². The van der Waals surface area contributed by atoms with Crippen LogP contribution in [0.4, 0.5) is 5.82 Å². The van der Waals surface area contributed by atoms with E-state index in [1.165, 1.54) is 6.20 Å². The number of rotatable bonds is 0. The Morgan fingerprint density at radius 2 is 2.50 bits per heavy atom. The van der Waals surface area contributed by atoms with Gasteiger partial charge in [-0.05, 0) is 12.2 Å². The van der Waals surface area contributed by atoms with Crippen molar-refractivity contribution in [2.24, 2.45) is 0 Å². The van der Waals surface area contributed by atoms with E-state index in [4.69, 9.17) is 5.73 Å². The van der Waals surface area contributed by atoms with E-state index in [1.807, 2.05) is 0 Å². The maximum absolute atomic E-state index is 5.18. The van der Waals surface area contributed by atoms with Gasteiger partial charge in [0.15, 0.2) is 5.82 Å². The Morgan fingerprint density at radius 3 is 2.88 bits per heavy atom. The number of nitrogen functional groups attached to an aromatic ring is 1. The zero-order chi connectivity index (χ0) is 5.98. The predicted octanol–water partition coefficient (Wildman–Crippen LogP) is 0.116. The highest BCUT2D eigenvalue weighted by Gasteiger charge is 1.79. The summed E-state index contributed by atoms with van der Waals surface area (Å²) < 4.78 is 0.346. The second-order valence-corrected chi connectivity index (χ2v) is 1.60. The minimum atomic E-state index is 0.346. The van der Waals surface area contributed by atoms with Crippen molar-refractivity contribution in [3.05, 3.63) is 11.0 Å². The highest BCUT2D eigenvalue weighted by molar-refractivity contribution is 7.71. The van der Waals surface area contributed by atoms with Gasteiger partial charge in [0.1, 0.15) is 0 Å². The fraction of sp³-hybridized carbons (Fsp3) is 0. The monoisotopic (exact) mass is 128 g/mol. The Labute approximate surface area is 50.8 Å². The molecule has 0 saturated heterocycles. The van der Waals surface area contributed by atoms with Gasteiger partial charge in [-0.1, -0.05) is 0 Å². The summed E-state index contributed by atoms with van der Waals surface area (Å²) >= 11 is 4.59. The first-order chi connectivity index (χ1) is 3.79. The lowest BCUT2D eigenvalue weighted by Gasteiger charge is -1.84. The number of nitrogens with zero attached hydrogens (tertiary/aromatic N) is 2. The number of anilines is 1. The average molecular weight is 128 g/mol. The van der Waals surface area contributed by atoms with E-state index in [9.17, 15) is 0 Å². The summed E-state index contributed by atoms with van der Waals surface area (Å²) in [7, 11) is 0. The van der Waals surface area contributed by atoms with Gasteiger partial charge in [-0.2, -0.15) is 5.10 Å². The molecule has 1 heterocycles. The lowest BCUT2D eigenvalue weighted by Crippen LogP contribution is -1.93. The van der Waals surface area contributed by atoms with Gasteiger partial charge in [-0.25, -0.2) is 10.1 Å². The zero-order valence-corrected chi connectivity index (χ0v) is 4.77. The molecule has 0 amide bonds. The molecule has 8 heavy (non-hydrogen) atoms. The molecular formula is C3H4N4S. The molecule has 0 aliphatic heterocycles. The van der Waals surface area contributed by atoms with Crippen LogP contribution in [0.3, 0.4) is 0 Å². The standard InChI is InChI=1S/C3H4N4S/c4-2-1-5-3(8)7-6-2/h1H,(H2,4,6)(H,5,7,8). The van der Waals surface area contributed by atoms with Gasteiger partial charge < -0.3 is 5.73 Å². The van der Waals surface area contributed by atoms with Crippen molar-refractivity contribution >= 4 is 18.0 Å². The fourth-order valence-corrected chi connectivity index (χ4v) is 0.393. The summed E-state index contributed by atoms with van der Waals surface area (Å²) in [5.74, 6) is 0.346. The largest absolute Gasteiger partial charge is 0.381 e. The van der Waals surface area contributed by atoms with Crippen molar-refractivity contribution in [1.29, 1.82) is 0 Å². The van der Waals surface area contributed by atoms with Gasteiger partial charge in [-0.3, -0.25) is 0 Å². The van der Waals surface area contributed by atoms with Gasteiger partial charge in [-0.15, -0.1) is 0 Å². The Bertz CT molecular complexity index is 208. The molecule has 0 radical (unpaired) electrons. The Morgan fingerprint density at radius 1 is 1.75 bits per heavy atom. The van der Waals surface area contributed by atoms with Crippen LogP contribution in [0.5, 0.6) is 0 Å². The Kier molecular flexibility index (Phi) is 1.21. The van der Waals surface area contributed by atoms with Crippen LogP contribution < -0.4 is 5.73 Å². The molecule has 1 rings (SSSR count). The molecule has 3 N–H and O–H groups in total. The maximum atomic E-state index is 5.18. The smallest absolute Gasteiger partial charge is 0.213 e. The lowest BCUT2D eigenvalue weighted by atomic mass is 10.8. The topological polar surface area (TPSA) is 67.6 Å². The van der Waals surface area contributed by atoms with E-state index in [1.54, 1.807) is 0 Å². The van der Waals surface area contributed by atoms with E-state index < -0.39 is 0 Å². The molecule has 0 aliphatic rings. The second-order valence-electron chi connectivity index (χ2n) is 1.21. The summed E-state index contributed by atoms with van der Waals surface area (Å²) in [5, 5.41) is 5.99. The van der Waals surface area contributed by atoms with E-state index in [0.717, 1.165) is 0 Å². The highest BCUT2D eigenvalue weighted by Crippen LogP contribution is 1.84. The molecule has 1 aromatic rings. The molecule has 42 valence electrons. The third-order valence-corrected chi connectivity index (χ3v) is 0.791. The first-order valence-corrected chi connectivity index (χ1v) is 2.37. The third kappa shape index (κ3) is 1.00. The van der Waals surface area contributed by atoms with E-state index >= 15 is 0 Å². The second kappa shape index (κ2) is 1.87. The molecular weight excluding hydrogens is 124 g/mol. The molecule has 0 fully saturated rings. The fourth-order valence-electron chi connectivity index (χ4n) is 0.295. The Balaban J connectivity index is 3.22. The van der Waals surface area contributed by atoms with Crippen molar-refractivity contribution < 1.29 is 0 Å². The van der Waals surface area contributed by atoms with Crippen LogP contribution in [0.15, 0.2) is 6.20 Å². The number of hydrogen-bond donors (Lipinski definition) is 2. The number of nitrogens with two attached hydrogens (primary N) is 1. The number of aromatic nitrogens is 3. The van der Waals surface area contributed by atoms with Crippen LogP contribution in [0.25, 0.3) is 0 Å². The first-order valence-electron chi connectivity index (χ1n) is 1.96. The molecule has 0 bridgehead atoms. The summed E-state index contributed by atoms with van der Waals surface area (Å²) in [6, 6.07) is 0. The van der Waals surface area contributed by atoms with Crippen molar-refractivity contribution in [2.45, 2.75) is 0 Å². The molecule has 0 unspecified atom stereocenters. The van der Waals surface area contributed by atoms with Crippen molar-refractivity contribution in [3.63, 3.8) is 0 Å². The summed E-state index contributed by atoms with van der Waals surface area (Å²) in [5.41, 5.74) is 5.18. The molecule has 0 saturated carbocycles. The molecule has 4 nitrogen and oxygen atoms in total. The van der Waals surface area contributed by atoms with Crippen LogP contribution >= 0.6 is 12.2 Å². The number of hydrogen-bond acceptors (Lipinski definition) is 4. The van der Waals surface area contributed by atoms with E-state index in [0.29, 0.717) is 10.6 Å². The van der Waals surface area contributed by atoms with Crippen LogP contribution in [0.1, 0.15) is 0 Å². The minimum absolute atomic E-state index is 0.346. The first kappa shape index (κ1) is 5.17. The SMILES string of the molecule is Nc1cnc(=S)[nH]n1. The number of aromatic amines is 1. The normalized spacial score (nSPS) is 9.00. The van der Waals surface area contributed by atoms with E-state index in [2.05, 4.69) is 27.4 Å². The van der Waals surface area contributed by atoms with Crippen molar-refractivity contribution in [2.75, 3.05) is 5.73 Å². The molecule has 0 atom stereocenters. The molecule has 5 heteroatoms. The third-order valence-electron chi connectivity index (χ3n) is 0.595. The summed E-state index contributed by atoms with van der Waals surface area (Å²) in [6.45, 7) is 0. The number of H-pyrrole nitrogens is 1. The molecule has 0 aromatic carbocycles. The van der Waals surface area contributed by atoms with Crippen LogP contribution in [0.2, 0.25) is 0 Å². The maximum Gasteiger partial charge on any atom is 0.213 e. The minimum Gasteiger partial charge on any atom is -0.381 e. The van der Waals surface area contributed by atoms with Crippen LogP contribution in [0, 0.1) is 4.77 Å². The van der Waals surface area contributed by atoms with Crippen LogP contribution in [-0.4, -0.2) is 15.2 Å². The van der Waals surface area contributed by atoms with Gasteiger partial charge in [0.25, 0.3) is 0 Å². The predicted molar refractivity (Wildman–Crippen MR) is 31.6 cm³/mol. The molecule has 1 aromatic heterocycles. The summed E-state index contributed by atoms with van der Waals surface area (Å²) in [6.07, 6.45) is 1.40. The number of nitrogens with one attached hydrogen (secondary N) is 1. The van der Waals surface area contributed by atoms with Gasteiger partial charge in [0.2, 0.25) is 4.77 Å². The van der Waals surface area contributed by atoms with Crippen molar-refractivity contribution in [3.8, 4) is 0 Å².